The van der Waals surface area contributed by atoms with E-state index < -0.39 is 24.0 Å². The van der Waals surface area contributed by atoms with Gasteiger partial charge in [0.05, 0.1) is 7.11 Å². The summed E-state index contributed by atoms with van der Waals surface area (Å²) in [5.74, 6) is 0.135. The molecule has 0 bridgehead atoms. The molecule has 4 aromatic carbocycles. The van der Waals surface area contributed by atoms with Crippen LogP contribution in [0, 0.1) is 5.92 Å². The van der Waals surface area contributed by atoms with Gasteiger partial charge in [0.15, 0.2) is 0 Å². The van der Waals surface area contributed by atoms with Crippen molar-refractivity contribution < 1.29 is 29.0 Å². The number of ether oxygens (including phenoxy) is 2. The lowest BCUT2D eigenvalue weighted by Crippen LogP contribution is -2.56. The zero-order valence-corrected chi connectivity index (χ0v) is 27.3. The molecule has 2 atom stereocenters. The molecule has 1 heterocycles. The molecule has 0 radical (unpaired) electrons. The van der Waals surface area contributed by atoms with E-state index >= 15 is 0 Å². The lowest BCUT2D eigenvalue weighted by molar-refractivity contribution is -0.145. The number of carboxylic acids is 1. The van der Waals surface area contributed by atoms with E-state index in [4.69, 9.17) is 9.47 Å². The SMILES string of the molecule is COc1ccc(COc2ccc3c(c2)CN(C(=O)CC2CCCC2)[C@H](C(=O)N[C@@H](Cc2ccc(-c4ccccc4)cc2)C(=O)O)C3)cc1. The summed E-state index contributed by atoms with van der Waals surface area (Å²) in [5, 5.41) is 12.9. The van der Waals surface area contributed by atoms with E-state index in [0.717, 1.165) is 64.8 Å². The number of carboxylic acid groups (broad SMARTS) is 1. The molecule has 0 aromatic heterocycles. The first-order valence-electron chi connectivity index (χ1n) is 16.7. The molecule has 0 spiro atoms. The molecule has 0 unspecified atom stereocenters. The molecule has 1 fully saturated rings. The zero-order valence-electron chi connectivity index (χ0n) is 27.3. The molecule has 1 saturated carbocycles. The van der Waals surface area contributed by atoms with Crippen molar-refractivity contribution in [2.24, 2.45) is 5.92 Å². The van der Waals surface area contributed by atoms with Gasteiger partial charge in [-0.15, -0.1) is 0 Å². The summed E-state index contributed by atoms with van der Waals surface area (Å²) in [7, 11) is 1.63. The molecule has 8 heteroatoms. The minimum Gasteiger partial charge on any atom is -0.497 e. The van der Waals surface area contributed by atoms with E-state index in [9.17, 15) is 19.5 Å². The Morgan fingerprint density at radius 2 is 1.50 bits per heavy atom. The number of fused-ring (bicyclic) bond motifs is 1. The first kappa shape index (κ1) is 32.8. The molecule has 248 valence electrons. The number of amides is 2. The van der Waals surface area contributed by atoms with Crippen LogP contribution in [0.25, 0.3) is 11.1 Å². The van der Waals surface area contributed by atoms with Crippen LogP contribution in [0.2, 0.25) is 0 Å². The number of hydrogen-bond donors (Lipinski definition) is 2. The van der Waals surface area contributed by atoms with E-state index in [-0.39, 0.29) is 18.9 Å². The van der Waals surface area contributed by atoms with Gasteiger partial charge in [0, 0.05) is 25.8 Å². The van der Waals surface area contributed by atoms with Crippen LogP contribution in [0.4, 0.5) is 0 Å². The van der Waals surface area contributed by atoms with Crippen molar-refractivity contribution >= 4 is 17.8 Å². The Labute approximate surface area is 281 Å². The number of carbonyl (C=O) groups excluding carboxylic acids is 2. The Morgan fingerprint density at radius 1 is 0.833 bits per heavy atom. The highest BCUT2D eigenvalue weighted by atomic mass is 16.5. The van der Waals surface area contributed by atoms with Crippen molar-refractivity contribution in [1.29, 1.82) is 0 Å². The van der Waals surface area contributed by atoms with Crippen molar-refractivity contribution in [3.63, 3.8) is 0 Å². The van der Waals surface area contributed by atoms with E-state index in [1.165, 1.54) is 0 Å². The van der Waals surface area contributed by atoms with Gasteiger partial charge in [-0.3, -0.25) is 9.59 Å². The normalized spacial score (nSPS) is 16.5. The first-order valence-corrected chi connectivity index (χ1v) is 16.7. The molecule has 0 saturated heterocycles. The van der Waals surface area contributed by atoms with Gasteiger partial charge in [0.25, 0.3) is 0 Å². The van der Waals surface area contributed by atoms with Crippen LogP contribution in [0.1, 0.15) is 54.4 Å². The Bertz CT molecular complexity index is 1720. The molecule has 6 rings (SSSR count). The summed E-state index contributed by atoms with van der Waals surface area (Å²) in [5.41, 5.74) is 5.77. The van der Waals surface area contributed by atoms with Crippen molar-refractivity contribution in [2.45, 2.75) is 70.2 Å². The van der Waals surface area contributed by atoms with Gasteiger partial charge in [0.1, 0.15) is 30.2 Å². The lowest BCUT2D eigenvalue weighted by atomic mass is 9.91. The van der Waals surface area contributed by atoms with Crippen LogP contribution in [-0.2, 0) is 40.4 Å². The van der Waals surface area contributed by atoms with Crippen molar-refractivity contribution in [1.82, 2.24) is 10.2 Å². The van der Waals surface area contributed by atoms with E-state index in [1.807, 2.05) is 97.1 Å². The molecule has 1 aliphatic heterocycles. The molecule has 2 amide bonds. The van der Waals surface area contributed by atoms with Crippen LogP contribution in [0.5, 0.6) is 11.5 Å². The summed E-state index contributed by atoms with van der Waals surface area (Å²) in [6.07, 6.45) is 5.08. The molecule has 2 N–H and O–H groups in total. The number of carbonyl (C=O) groups is 3. The van der Waals surface area contributed by atoms with E-state index in [2.05, 4.69) is 5.32 Å². The number of nitrogens with one attached hydrogen (secondary N) is 1. The summed E-state index contributed by atoms with van der Waals surface area (Å²) in [4.78, 5) is 41.7. The Balaban J connectivity index is 1.17. The highest BCUT2D eigenvalue weighted by Gasteiger charge is 2.37. The highest BCUT2D eigenvalue weighted by Crippen LogP contribution is 2.32. The third kappa shape index (κ3) is 8.05. The zero-order chi connectivity index (χ0) is 33.5. The second-order valence-corrected chi connectivity index (χ2v) is 12.8. The van der Waals surface area contributed by atoms with Gasteiger partial charge in [-0.2, -0.15) is 0 Å². The number of aliphatic carboxylic acids is 1. The molecule has 48 heavy (non-hydrogen) atoms. The third-order valence-electron chi connectivity index (χ3n) is 9.55. The minimum absolute atomic E-state index is 0.0689. The molecular weight excluding hydrogens is 604 g/mol. The van der Waals surface area contributed by atoms with Crippen LogP contribution in [0.3, 0.4) is 0 Å². The Hall–Kier alpha value is -5.11. The van der Waals surface area contributed by atoms with Gasteiger partial charge in [-0.25, -0.2) is 4.79 Å². The number of nitrogens with zero attached hydrogens (tertiary/aromatic N) is 1. The second kappa shape index (κ2) is 15.2. The molecule has 1 aliphatic carbocycles. The first-order chi connectivity index (χ1) is 23.4. The molecule has 8 nitrogen and oxygen atoms in total. The van der Waals surface area contributed by atoms with Gasteiger partial charge in [0.2, 0.25) is 11.8 Å². The maximum atomic E-state index is 13.9. The van der Waals surface area contributed by atoms with Crippen LogP contribution in [-0.4, -0.2) is 47.0 Å². The molecule has 2 aliphatic rings. The predicted octanol–water partition coefficient (Wildman–Crippen LogP) is 6.59. The van der Waals surface area contributed by atoms with Crippen LogP contribution < -0.4 is 14.8 Å². The Morgan fingerprint density at radius 3 is 2.19 bits per heavy atom. The summed E-state index contributed by atoms with van der Waals surface area (Å²) >= 11 is 0. The summed E-state index contributed by atoms with van der Waals surface area (Å²) in [6.45, 7) is 0.640. The monoisotopic (exact) mass is 646 g/mol. The van der Waals surface area contributed by atoms with Crippen molar-refractivity contribution in [2.75, 3.05) is 7.11 Å². The third-order valence-corrected chi connectivity index (χ3v) is 9.55. The fraction of sp³-hybridized carbons (Fsp3) is 0.325. The standard InChI is InChI=1S/C40H42N2O6/c1-47-34-18-13-29(14-19-34)26-48-35-20-17-32-24-37(42(25-33(32)23-35)38(43)22-27-7-5-6-8-27)39(44)41-36(40(45)46)21-28-11-15-31(16-12-28)30-9-3-2-4-10-30/h2-4,9-20,23,27,36-37H,5-8,21-22,24-26H2,1H3,(H,41,44)(H,45,46)/t36-,37-/m0/s1. The second-order valence-electron chi connectivity index (χ2n) is 12.8. The van der Waals surface area contributed by atoms with Gasteiger partial charge >= 0.3 is 5.97 Å². The fourth-order valence-electron chi connectivity index (χ4n) is 6.78. The van der Waals surface area contributed by atoms with Gasteiger partial charge in [-0.1, -0.05) is 85.6 Å². The average Bonchev–Trinajstić information content (AvgIpc) is 3.63. The number of hydrogen-bond acceptors (Lipinski definition) is 5. The lowest BCUT2D eigenvalue weighted by Gasteiger charge is -2.37. The van der Waals surface area contributed by atoms with Gasteiger partial charge < -0.3 is 24.8 Å². The topological polar surface area (TPSA) is 105 Å². The fourth-order valence-corrected chi connectivity index (χ4v) is 6.78. The number of methoxy groups -OCH3 is 1. The quantitative estimate of drug-likeness (QED) is 0.180. The largest absolute Gasteiger partial charge is 0.497 e. The Kier molecular flexibility index (Phi) is 10.4. The van der Waals surface area contributed by atoms with Crippen molar-refractivity contribution in [3.05, 3.63) is 119 Å². The highest BCUT2D eigenvalue weighted by molar-refractivity contribution is 5.91. The molecule has 4 aromatic rings. The van der Waals surface area contributed by atoms with Gasteiger partial charge in [-0.05, 0) is 76.4 Å². The van der Waals surface area contributed by atoms with Crippen LogP contribution in [0.15, 0.2) is 97.1 Å². The average molecular weight is 647 g/mol. The van der Waals surface area contributed by atoms with Crippen molar-refractivity contribution in [3.8, 4) is 22.6 Å². The van der Waals surface area contributed by atoms with Crippen LogP contribution >= 0.6 is 0 Å². The van der Waals surface area contributed by atoms with E-state index in [1.54, 1.807) is 12.0 Å². The summed E-state index contributed by atoms with van der Waals surface area (Å²) < 4.78 is 11.3. The molecular formula is C40H42N2O6. The minimum atomic E-state index is -1.14. The van der Waals surface area contributed by atoms with E-state index in [0.29, 0.717) is 31.1 Å². The predicted molar refractivity (Wildman–Crippen MR) is 184 cm³/mol. The number of rotatable bonds is 12. The summed E-state index contributed by atoms with van der Waals surface area (Å²) in [6, 6.07) is 29.2. The maximum Gasteiger partial charge on any atom is 0.326 e. The number of benzene rings is 4. The smallest absolute Gasteiger partial charge is 0.326 e. The maximum absolute atomic E-state index is 13.9.